The van der Waals surface area contributed by atoms with Crippen LogP contribution in [0.5, 0.6) is 0 Å². The third kappa shape index (κ3) is 7.35. The standard InChI is InChI=1S/C29H34Cl2N2O3S/c1-18(2)24-13-22(21-9-12-27(30)28(31)15-21)14-25(19(3)4)26(24)16-29(34)32-37(35,36)23-10-7-20(8-11-23)17-33(5)6/h7-15,18-19H,16-17H2,1-6H3,(H,32,34). The van der Waals surface area contributed by atoms with E-state index in [2.05, 4.69) is 44.5 Å². The normalized spacial score (nSPS) is 12.0. The number of amides is 1. The van der Waals surface area contributed by atoms with E-state index in [1.54, 1.807) is 18.2 Å². The number of halogens is 2. The second kappa shape index (κ2) is 12.0. The first-order valence-electron chi connectivity index (χ1n) is 12.2. The van der Waals surface area contributed by atoms with Gasteiger partial charge in [0.15, 0.2) is 0 Å². The molecule has 1 N–H and O–H groups in total. The van der Waals surface area contributed by atoms with E-state index in [4.69, 9.17) is 23.2 Å². The Morgan fingerprint density at radius 2 is 1.41 bits per heavy atom. The maximum absolute atomic E-state index is 13.1. The number of nitrogens with zero attached hydrogens (tertiary/aromatic N) is 1. The monoisotopic (exact) mass is 560 g/mol. The molecule has 0 fully saturated rings. The fraction of sp³-hybridized carbons (Fsp3) is 0.345. The lowest BCUT2D eigenvalue weighted by molar-refractivity contribution is -0.118. The molecule has 0 aliphatic rings. The van der Waals surface area contributed by atoms with Gasteiger partial charge in [-0.05, 0) is 83.6 Å². The zero-order valence-corrected chi connectivity index (χ0v) is 24.4. The van der Waals surface area contributed by atoms with Crippen molar-refractivity contribution in [3.8, 4) is 11.1 Å². The van der Waals surface area contributed by atoms with Gasteiger partial charge in [-0.15, -0.1) is 0 Å². The van der Waals surface area contributed by atoms with E-state index in [0.717, 1.165) is 33.4 Å². The lowest BCUT2D eigenvalue weighted by Gasteiger charge is -2.22. The number of hydrogen-bond donors (Lipinski definition) is 1. The molecule has 37 heavy (non-hydrogen) atoms. The average molecular weight is 562 g/mol. The summed E-state index contributed by atoms with van der Waals surface area (Å²) in [5, 5.41) is 0.959. The van der Waals surface area contributed by atoms with Gasteiger partial charge < -0.3 is 4.90 Å². The number of rotatable bonds is 9. The van der Waals surface area contributed by atoms with Crippen LogP contribution in [0.15, 0.2) is 59.5 Å². The molecule has 0 radical (unpaired) electrons. The van der Waals surface area contributed by atoms with E-state index >= 15 is 0 Å². The Hall–Kier alpha value is -2.38. The minimum absolute atomic E-state index is 0.0410. The predicted octanol–water partition coefficient (Wildman–Crippen LogP) is 7.02. The summed E-state index contributed by atoms with van der Waals surface area (Å²) >= 11 is 12.4. The van der Waals surface area contributed by atoms with Crippen LogP contribution in [0.3, 0.4) is 0 Å². The Morgan fingerprint density at radius 1 is 0.838 bits per heavy atom. The zero-order valence-electron chi connectivity index (χ0n) is 22.1. The molecule has 0 aliphatic heterocycles. The van der Waals surface area contributed by atoms with Crippen molar-refractivity contribution in [3.63, 3.8) is 0 Å². The van der Waals surface area contributed by atoms with Crippen molar-refractivity contribution in [3.05, 3.63) is 86.9 Å². The Bertz CT molecular complexity index is 1350. The third-order valence-electron chi connectivity index (χ3n) is 6.13. The molecule has 0 unspecified atom stereocenters. The summed E-state index contributed by atoms with van der Waals surface area (Å²) in [6, 6.07) is 16.2. The van der Waals surface area contributed by atoms with E-state index in [0.29, 0.717) is 16.6 Å². The molecule has 0 atom stereocenters. The SMILES string of the molecule is CC(C)c1cc(-c2ccc(Cl)c(Cl)c2)cc(C(C)C)c1CC(=O)NS(=O)(=O)c1ccc(CN(C)C)cc1. The van der Waals surface area contributed by atoms with Crippen molar-refractivity contribution in [2.24, 2.45) is 0 Å². The highest BCUT2D eigenvalue weighted by molar-refractivity contribution is 7.90. The number of benzene rings is 3. The minimum Gasteiger partial charge on any atom is -0.305 e. The fourth-order valence-electron chi connectivity index (χ4n) is 4.34. The summed E-state index contributed by atoms with van der Waals surface area (Å²) in [6.07, 6.45) is -0.0410. The Morgan fingerprint density at radius 3 is 1.89 bits per heavy atom. The average Bonchev–Trinajstić information content (AvgIpc) is 2.80. The minimum atomic E-state index is -3.99. The lowest BCUT2D eigenvalue weighted by atomic mass is 9.84. The molecule has 0 spiro atoms. The van der Waals surface area contributed by atoms with Crippen LogP contribution in [0, 0.1) is 0 Å². The molecular weight excluding hydrogens is 527 g/mol. The highest BCUT2D eigenvalue weighted by Gasteiger charge is 2.23. The Kier molecular flexibility index (Phi) is 9.46. The third-order valence-corrected chi connectivity index (χ3v) is 8.26. The topological polar surface area (TPSA) is 66.5 Å². The lowest BCUT2D eigenvalue weighted by Crippen LogP contribution is -2.32. The highest BCUT2D eigenvalue weighted by atomic mass is 35.5. The van der Waals surface area contributed by atoms with Gasteiger partial charge in [-0.25, -0.2) is 13.1 Å². The number of carbonyl (C=O) groups is 1. The molecule has 8 heteroatoms. The first-order valence-corrected chi connectivity index (χ1v) is 14.4. The smallest absolute Gasteiger partial charge is 0.264 e. The molecule has 0 bridgehead atoms. The molecule has 0 heterocycles. The second-order valence-electron chi connectivity index (χ2n) is 10.2. The summed E-state index contributed by atoms with van der Waals surface area (Å²) in [4.78, 5) is 15.1. The van der Waals surface area contributed by atoms with Crippen LogP contribution in [0.2, 0.25) is 10.0 Å². The quantitative estimate of drug-likeness (QED) is 0.305. The van der Waals surface area contributed by atoms with Gasteiger partial charge in [0.05, 0.1) is 21.4 Å². The van der Waals surface area contributed by atoms with Gasteiger partial charge in [0.25, 0.3) is 10.0 Å². The van der Waals surface area contributed by atoms with Crippen LogP contribution in [-0.4, -0.2) is 33.3 Å². The van der Waals surface area contributed by atoms with Crippen molar-refractivity contribution in [2.75, 3.05) is 14.1 Å². The maximum Gasteiger partial charge on any atom is 0.264 e. The highest BCUT2D eigenvalue weighted by Crippen LogP contribution is 2.36. The summed E-state index contributed by atoms with van der Waals surface area (Å²) in [6.45, 7) is 8.94. The molecule has 1 amide bonds. The molecule has 0 aromatic heterocycles. The van der Waals surface area contributed by atoms with E-state index < -0.39 is 15.9 Å². The molecular formula is C29H34Cl2N2O3S. The fourth-order valence-corrected chi connectivity index (χ4v) is 5.62. The second-order valence-corrected chi connectivity index (χ2v) is 12.7. The van der Waals surface area contributed by atoms with Gasteiger partial charge in [0.2, 0.25) is 5.91 Å². The van der Waals surface area contributed by atoms with Crippen molar-refractivity contribution in [1.82, 2.24) is 9.62 Å². The number of nitrogens with one attached hydrogen (secondary N) is 1. The Labute approximate surface area is 230 Å². The van der Waals surface area contributed by atoms with Gasteiger partial charge >= 0.3 is 0 Å². The largest absolute Gasteiger partial charge is 0.305 e. The van der Waals surface area contributed by atoms with Crippen molar-refractivity contribution >= 4 is 39.1 Å². The van der Waals surface area contributed by atoms with Gasteiger partial charge in [0, 0.05) is 6.54 Å². The van der Waals surface area contributed by atoms with E-state index in [9.17, 15) is 13.2 Å². The first-order chi connectivity index (χ1) is 17.3. The summed E-state index contributed by atoms with van der Waals surface area (Å²) in [5.41, 5.74) is 5.72. The first kappa shape index (κ1) is 29.2. The number of sulfonamides is 1. The van der Waals surface area contributed by atoms with Crippen LogP contribution < -0.4 is 4.72 Å². The van der Waals surface area contributed by atoms with Gasteiger partial charge in [-0.1, -0.05) is 81.2 Å². The van der Waals surface area contributed by atoms with Crippen molar-refractivity contribution < 1.29 is 13.2 Å². The van der Waals surface area contributed by atoms with Crippen molar-refractivity contribution in [1.29, 1.82) is 0 Å². The van der Waals surface area contributed by atoms with Crippen LogP contribution in [0.4, 0.5) is 0 Å². The molecule has 3 aromatic rings. The molecule has 0 aliphatic carbocycles. The zero-order chi connectivity index (χ0) is 27.5. The van der Waals surface area contributed by atoms with Crippen LogP contribution in [-0.2, 0) is 27.8 Å². The molecule has 5 nitrogen and oxygen atoms in total. The molecule has 0 saturated heterocycles. The summed E-state index contributed by atoms with van der Waals surface area (Å²) in [7, 11) is -0.105. The van der Waals surface area contributed by atoms with Gasteiger partial charge in [0.1, 0.15) is 0 Å². The molecule has 0 saturated carbocycles. The van der Waals surface area contributed by atoms with E-state index in [1.165, 1.54) is 12.1 Å². The van der Waals surface area contributed by atoms with Crippen LogP contribution in [0.25, 0.3) is 11.1 Å². The molecule has 3 aromatic carbocycles. The predicted molar refractivity (Wildman–Crippen MR) is 153 cm³/mol. The number of hydrogen-bond acceptors (Lipinski definition) is 4. The van der Waals surface area contributed by atoms with Gasteiger partial charge in [-0.2, -0.15) is 0 Å². The summed E-state index contributed by atoms with van der Waals surface area (Å²) in [5.74, 6) is -0.337. The summed E-state index contributed by atoms with van der Waals surface area (Å²) < 4.78 is 28.1. The molecule has 198 valence electrons. The molecule has 3 rings (SSSR count). The van der Waals surface area contributed by atoms with Gasteiger partial charge in [-0.3, -0.25) is 4.79 Å². The van der Waals surface area contributed by atoms with Crippen molar-refractivity contribution in [2.45, 2.75) is 57.4 Å². The van der Waals surface area contributed by atoms with Crippen LogP contribution >= 0.6 is 23.2 Å². The van der Waals surface area contributed by atoms with E-state index in [-0.39, 0.29) is 23.2 Å². The number of carbonyl (C=O) groups excluding carboxylic acids is 1. The Balaban J connectivity index is 1.93. The van der Waals surface area contributed by atoms with E-state index in [1.807, 2.05) is 31.1 Å². The van der Waals surface area contributed by atoms with Crippen LogP contribution in [0.1, 0.15) is 61.8 Å². The maximum atomic E-state index is 13.1.